The molecule has 1 saturated heterocycles. The first kappa shape index (κ1) is 14.5. The van der Waals surface area contributed by atoms with E-state index < -0.39 is 0 Å². The Labute approximate surface area is 117 Å². The van der Waals surface area contributed by atoms with E-state index >= 15 is 0 Å². The van der Waals surface area contributed by atoms with Gasteiger partial charge in [-0.3, -0.25) is 9.80 Å². The van der Waals surface area contributed by atoms with Gasteiger partial charge in [0.25, 0.3) is 0 Å². The van der Waals surface area contributed by atoms with Crippen molar-refractivity contribution in [3.05, 3.63) is 35.4 Å². The van der Waals surface area contributed by atoms with Gasteiger partial charge in [0, 0.05) is 32.7 Å². The maximum absolute atomic E-state index is 3.39. The summed E-state index contributed by atoms with van der Waals surface area (Å²) in [7, 11) is 2.21. The van der Waals surface area contributed by atoms with Crippen LogP contribution in [0.2, 0.25) is 0 Å². The molecule has 0 unspecified atom stereocenters. The quantitative estimate of drug-likeness (QED) is 0.876. The number of benzene rings is 1. The third-order valence-corrected chi connectivity index (χ3v) is 3.75. The summed E-state index contributed by atoms with van der Waals surface area (Å²) in [5.41, 5.74) is 2.83. The van der Waals surface area contributed by atoms with Crippen molar-refractivity contribution in [1.29, 1.82) is 0 Å². The van der Waals surface area contributed by atoms with Crippen LogP contribution in [0.4, 0.5) is 0 Å². The fourth-order valence-electron chi connectivity index (χ4n) is 2.56. The highest BCUT2D eigenvalue weighted by atomic mass is 15.3. The zero-order valence-electron chi connectivity index (χ0n) is 12.5. The lowest BCUT2D eigenvalue weighted by Gasteiger charge is -2.31. The second kappa shape index (κ2) is 7.04. The number of rotatable bonds is 5. The van der Waals surface area contributed by atoms with Crippen LogP contribution in [-0.2, 0) is 6.54 Å². The van der Waals surface area contributed by atoms with Crippen LogP contribution in [-0.4, -0.2) is 49.7 Å². The van der Waals surface area contributed by atoms with E-state index in [-0.39, 0.29) is 0 Å². The van der Waals surface area contributed by atoms with Crippen molar-refractivity contribution >= 4 is 0 Å². The maximum Gasteiger partial charge on any atom is 0.0507 e. The average molecular weight is 261 g/mol. The topological polar surface area (TPSA) is 18.5 Å². The van der Waals surface area contributed by atoms with Gasteiger partial charge in [0.1, 0.15) is 0 Å². The Morgan fingerprint density at radius 2 is 1.79 bits per heavy atom. The molecule has 0 atom stereocenters. The first-order valence-corrected chi connectivity index (χ1v) is 7.35. The summed E-state index contributed by atoms with van der Waals surface area (Å²) in [6.45, 7) is 11.1. The zero-order chi connectivity index (χ0) is 13.7. The molecule has 106 valence electrons. The van der Waals surface area contributed by atoms with Gasteiger partial charge < -0.3 is 5.32 Å². The van der Waals surface area contributed by atoms with E-state index in [1.165, 1.54) is 11.1 Å². The number of hydrogen-bond donors (Lipinski definition) is 1. The lowest BCUT2D eigenvalue weighted by Crippen LogP contribution is -2.47. The van der Waals surface area contributed by atoms with E-state index in [4.69, 9.17) is 0 Å². The Kier molecular flexibility index (Phi) is 5.37. The third kappa shape index (κ3) is 4.60. The van der Waals surface area contributed by atoms with E-state index in [2.05, 4.69) is 60.3 Å². The first-order chi connectivity index (χ1) is 9.15. The van der Waals surface area contributed by atoms with Gasteiger partial charge in [-0.25, -0.2) is 0 Å². The molecule has 1 heterocycles. The molecular weight excluding hydrogens is 234 g/mol. The zero-order valence-corrected chi connectivity index (χ0v) is 12.5. The van der Waals surface area contributed by atoms with Crippen LogP contribution < -0.4 is 5.32 Å². The highest BCUT2D eigenvalue weighted by molar-refractivity contribution is 5.24. The lowest BCUT2D eigenvalue weighted by molar-refractivity contribution is 0.135. The maximum atomic E-state index is 3.39. The molecule has 1 aliphatic heterocycles. The van der Waals surface area contributed by atoms with E-state index in [1.807, 2.05) is 0 Å². The molecule has 1 fully saturated rings. The summed E-state index contributed by atoms with van der Waals surface area (Å²) in [4.78, 5) is 4.91. The van der Waals surface area contributed by atoms with Crippen molar-refractivity contribution < 1.29 is 0 Å². The summed E-state index contributed by atoms with van der Waals surface area (Å²) in [6.07, 6.45) is 0. The molecule has 0 amide bonds. The molecule has 1 aromatic rings. The minimum absolute atomic E-state index is 0.618. The van der Waals surface area contributed by atoms with Gasteiger partial charge in [-0.05, 0) is 24.1 Å². The molecular formula is C16H27N3. The highest BCUT2D eigenvalue weighted by Gasteiger charge is 2.11. The second-order valence-corrected chi connectivity index (χ2v) is 5.92. The van der Waals surface area contributed by atoms with Crippen molar-refractivity contribution in [3.63, 3.8) is 0 Å². The monoisotopic (exact) mass is 261 g/mol. The molecule has 0 saturated carbocycles. The van der Waals surface area contributed by atoms with Crippen LogP contribution in [0.5, 0.6) is 0 Å². The van der Waals surface area contributed by atoms with Crippen LogP contribution in [0.25, 0.3) is 0 Å². The minimum atomic E-state index is 0.618. The molecule has 2 rings (SSSR count). The smallest absolute Gasteiger partial charge is 0.0507 e. The van der Waals surface area contributed by atoms with E-state index in [1.54, 1.807) is 0 Å². The molecule has 3 heteroatoms. The number of hydrogen-bond acceptors (Lipinski definition) is 3. The molecule has 3 nitrogen and oxygen atoms in total. The summed E-state index contributed by atoms with van der Waals surface area (Å²) < 4.78 is 0. The Morgan fingerprint density at radius 3 is 2.37 bits per heavy atom. The molecule has 0 spiro atoms. The van der Waals surface area contributed by atoms with Gasteiger partial charge >= 0.3 is 0 Å². The SMILES string of the molecule is CC(C)c1ccc(CN(C)CN2CCNCC2)cc1. The summed E-state index contributed by atoms with van der Waals surface area (Å²) in [5, 5.41) is 3.39. The Hall–Kier alpha value is -0.900. The number of nitrogens with zero attached hydrogens (tertiary/aromatic N) is 2. The Balaban J connectivity index is 1.82. The summed E-state index contributed by atoms with van der Waals surface area (Å²) in [5.74, 6) is 0.618. The van der Waals surface area contributed by atoms with Gasteiger partial charge in [-0.15, -0.1) is 0 Å². The predicted molar refractivity (Wildman–Crippen MR) is 81.3 cm³/mol. The van der Waals surface area contributed by atoms with Crippen LogP contribution in [0, 0.1) is 0 Å². The van der Waals surface area contributed by atoms with Crippen molar-refractivity contribution in [3.8, 4) is 0 Å². The van der Waals surface area contributed by atoms with E-state index in [0.29, 0.717) is 5.92 Å². The van der Waals surface area contributed by atoms with Crippen molar-refractivity contribution in [2.24, 2.45) is 0 Å². The predicted octanol–water partition coefficient (Wildman–Crippen LogP) is 2.10. The highest BCUT2D eigenvalue weighted by Crippen LogP contribution is 2.15. The fourth-order valence-corrected chi connectivity index (χ4v) is 2.56. The van der Waals surface area contributed by atoms with Crippen molar-refractivity contribution in [2.75, 3.05) is 39.9 Å². The third-order valence-electron chi connectivity index (χ3n) is 3.75. The molecule has 0 aliphatic carbocycles. The average Bonchev–Trinajstić information content (AvgIpc) is 2.40. The molecule has 0 aromatic heterocycles. The fraction of sp³-hybridized carbons (Fsp3) is 0.625. The molecule has 0 radical (unpaired) electrons. The molecule has 1 N–H and O–H groups in total. The van der Waals surface area contributed by atoms with Crippen LogP contribution in [0.3, 0.4) is 0 Å². The van der Waals surface area contributed by atoms with Crippen LogP contribution in [0.1, 0.15) is 30.9 Å². The van der Waals surface area contributed by atoms with E-state index in [0.717, 1.165) is 39.4 Å². The van der Waals surface area contributed by atoms with Gasteiger partial charge in [0.2, 0.25) is 0 Å². The standard InChI is InChI=1S/C16H27N3/c1-14(2)16-6-4-15(5-7-16)12-18(3)13-19-10-8-17-9-11-19/h4-7,14,17H,8-13H2,1-3H3. The first-order valence-electron chi connectivity index (χ1n) is 7.35. The van der Waals surface area contributed by atoms with Crippen molar-refractivity contribution in [1.82, 2.24) is 15.1 Å². The normalized spacial score (nSPS) is 17.3. The summed E-state index contributed by atoms with van der Waals surface area (Å²) in [6, 6.07) is 9.06. The minimum Gasteiger partial charge on any atom is -0.314 e. The van der Waals surface area contributed by atoms with Gasteiger partial charge in [0.15, 0.2) is 0 Å². The van der Waals surface area contributed by atoms with Crippen molar-refractivity contribution in [2.45, 2.75) is 26.3 Å². The Morgan fingerprint density at radius 1 is 1.16 bits per heavy atom. The molecule has 19 heavy (non-hydrogen) atoms. The lowest BCUT2D eigenvalue weighted by atomic mass is 10.0. The number of nitrogens with one attached hydrogen (secondary N) is 1. The van der Waals surface area contributed by atoms with Gasteiger partial charge in [-0.2, -0.15) is 0 Å². The second-order valence-electron chi connectivity index (χ2n) is 5.92. The van der Waals surface area contributed by atoms with E-state index in [9.17, 15) is 0 Å². The summed E-state index contributed by atoms with van der Waals surface area (Å²) >= 11 is 0. The van der Waals surface area contributed by atoms with Gasteiger partial charge in [0.05, 0.1) is 6.67 Å². The molecule has 0 bridgehead atoms. The number of piperazine rings is 1. The largest absolute Gasteiger partial charge is 0.314 e. The van der Waals surface area contributed by atoms with Crippen LogP contribution >= 0.6 is 0 Å². The Bertz CT molecular complexity index is 366. The molecule has 1 aliphatic rings. The van der Waals surface area contributed by atoms with Gasteiger partial charge in [-0.1, -0.05) is 38.1 Å². The van der Waals surface area contributed by atoms with Crippen LogP contribution in [0.15, 0.2) is 24.3 Å². The molecule has 1 aromatic carbocycles.